The average molecular weight is 274 g/mol. The maximum absolute atomic E-state index is 6.06. The first-order valence-corrected chi connectivity index (χ1v) is 7.26. The normalized spacial score (nSPS) is 20.2. The molecule has 0 unspecified atom stereocenters. The van der Waals surface area contributed by atoms with Crippen molar-refractivity contribution in [2.75, 3.05) is 13.1 Å². The Kier molecular flexibility index (Phi) is 3.38. The molecule has 108 valence electrons. The minimum Gasteiger partial charge on any atom is -0.471 e. The lowest BCUT2D eigenvalue weighted by molar-refractivity contribution is 0.162. The molecule has 2 aromatic heterocycles. The second-order valence-electron chi connectivity index (χ2n) is 6.43. The summed E-state index contributed by atoms with van der Waals surface area (Å²) in [5.41, 5.74) is 2.02. The summed E-state index contributed by atoms with van der Waals surface area (Å²) in [6, 6.07) is 2.08. The molecule has 0 radical (unpaired) electrons. The number of nitrogens with zero attached hydrogens (tertiary/aromatic N) is 3. The van der Waals surface area contributed by atoms with Gasteiger partial charge in [-0.2, -0.15) is 5.10 Å². The van der Waals surface area contributed by atoms with Gasteiger partial charge in [0, 0.05) is 24.4 Å². The number of nitrogens with one attached hydrogen (secondary N) is 1. The van der Waals surface area contributed by atoms with E-state index in [1.807, 2.05) is 10.7 Å². The van der Waals surface area contributed by atoms with E-state index in [4.69, 9.17) is 4.74 Å². The first-order chi connectivity index (χ1) is 9.54. The average Bonchev–Trinajstić information content (AvgIpc) is 2.85. The highest BCUT2D eigenvalue weighted by Crippen LogP contribution is 2.26. The molecule has 0 spiro atoms. The van der Waals surface area contributed by atoms with Gasteiger partial charge in [-0.05, 0) is 25.5 Å². The minimum absolute atomic E-state index is 0.0235. The van der Waals surface area contributed by atoms with Crippen molar-refractivity contribution in [3.05, 3.63) is 24.2 Å². The van der Waals surface area contributed by atoms with Crippen LogP contribution in [-0.4, -0.2) is 33.8 Å². The lowest BCUT2D eigenvalue weighted by atomic mass is 9.92. The predicted molar refractivity (Wildman–Crippen MR) is 78.2 cm³/mol. The van der Waals surface area contributed by atoms with E-state index in [1.165, 1.54) is 0 Å². The largest absolute Gasteiger partial charge is 0.471 e. The van der Waals surface area contributed by atoms with Crippen LogP contribution in [0, 0.1) is 0 Å². The van der Waals surface area contributed by atoms with E-state index in [0.717, 1.165) is 37.1 Å². The molecule has 5 nitrogen and oxygen atoms in total. The zero-order valence-corrected chi connectivity index (χ0v) is 12.4. The molecule has 1 atom stereocenters. The van der Waals surface area contributed by atoms with Crippen LogP contribution < -0.4 is 10.1 Å². The predicted octanol–water partition coefficient (Wildman–Crippen LogP) is 2.16. The fraction of sp³-hybridized carbons (Fsp3) is 0.600. The van der Waals surface area contributed by atoms with Gasteiger partial charge in [0.2, 0.25) is 5.88 Å². The molecular formula is C15H22N4O. The van der Waals surface area contributed by atoms with Gasteiger partial charge in [-0.25, -0.2) is 9.50 Å². The lowest BCUT2D eigenvalue weighted by Crippen LogP contribution is -2.37. The molecule has 0 saturated carbocycles. The number of hydrogen-bond donors (Lipinski definition) is 1. The van der Waals surface area contributed by atoms with Gasteiger partial charge in [-0.15, -0.1) is 0 Å². The number of ether oxygens (including phenoxy) is 1. The molecule has 0 aromatic carbocycles. The van der Waals surface area contributed by atoms with E-state index in [0.29, 0.717) is 5.88 Å². The van der Waals surface area contributed by atoms with Crippen LogP contribution in [0.3, 0.4) is 0 Å². The molecule has 0 bridgehead atoms. The van der Waals surface area contributed by atoms with E-state index in [1.54, 1.807) is 6.20 Å². The number of aromatic nitrogens is 3. The fourth-order valence-electron chi connectivity index (χ4n) is 2.43. The Bertz CT molecular complexity index is 593. The van der Waals surface area contributed by atoms with Gasteiger partial charge in [0.1, 0.15) is 11.6 Å². The fourth-order valence-corrected chi connectivity index (χ4v) is 2.43. The van der Waals surface area contributed by atoms with E-state index in [-0.39, 0.29) is 11.5 Å². The van der Waals surface area contributed by atoms with Gasteiger partial charge in [-0.3, -0.25) is 0 Å². The Labute approximate surface area is 119 Å². The van der Waals surface area contributed by atoms with Gasteiger partial charge in [0.05, 0.1) is 5.69 Å². The molecule has 1 saturated heterocycles. The number of piperidine rings is 1. The number of rotatable bonds is 2. The Balaban J connectivity index is 1.92. The van der Waals surface area contributed by atoms with Crippen molar-refractivity contribution in [2.45, 2.75) is 45.1 Å². The number of hydrogen-bond acceptors (Lipinski definition) is 4. The summed E-state index contributed by atoms with van der Waals surface area (Å²) in [5, 5.41) is 7.98. The molecule has 1 aliphatic heterocycles. The number of fused-ring (bicyclic) bond motifs is 1. The van der Waals surface area contributed by atoms with Crippen LogP contribution >= 0.6 is 0 Å². The van der Waals surface area contributed by atoms with Crippen LogP contribution in [0.5, 0.6) is 5.88 Å². The van der Waals surface area contributed by atoms with Crippen LogP contribution in [0.2, 0.25) is 0 Å². The van der Waals surface area contributed by atoms with Crippen molar-refractivity contribution in [3.63, 3.8) is 0 Å². The van der Waals surface area contributed by atoms with Crippen LogP contribution in [0.1, 0.15) is 39.3 Å². The first-order valence-electron chi connectivity index (χ1n) is 7.26. The summed E-state index contributed by atoms with van der Waals surface area (Å²) in [4.78, 5) is 4.39. The zero-order valence-electron chi connectivity index (χ0n) is 12.4. The standard InChI is InChI=1S/C15H22N4O/c1-15(2,3)13-9-12-14(17-7-8-19(12)18-13)20-11-5-4-6-16-10-11/h7-9,11,16H,4-6,10H2,1-3H3/t11-/m0/s1. The van der Waals surface area contributed by atoms with Gasteiger partial charge in [0.25, 0.3) is 0 Å². The smallest absolute Gasteiger partial charge is 0.240 e. The van der Waals surface area contributed by atoms with Gasteiger partial charge in [-0.1, -0.05) is 20.8 Å². The van der Waals surface area contributed by atoms with Crippen molar-refractivity contribution in [1.29, 1.82) is 0 Å². The van der Waals surface area contributed by atoms with E-state index in [9.17, 15) is 0 Å². The molecule has 5 heteroatoms. The summed E-state index contributed by atoms with van der Waals surface area (Å²) < 4.78 is 7.92. The summed E-state index contributed by atoms with van der Waals surface area (Å²) in [6.45, 7) is 8.46. The SMILES string of the molecule is CC(C)(C)c1cc2c(O[C@H]3CCCNC3)nccn2n1. The molecule has 3 rings (SSSR count). The zero-order chi connectivity index (χ0) is 14.2. The molecular weight excluding hydrogens is 252 g/mol. The maximum atomic E-state index is 6.06. The highest BCUT2D eigenvalue weighted by Gasteiger charge is 2.21. The molecule has 1 fully saturated rings. The monoisotopic (exact) mass is 274 g/mol. The van der Waals surface area contributed by atoms with E-state index < -0.39 is 0 Å². The Morgan fingerprint density at radius 2 is 2.25 bits per heavy atom. The van der Waals surface area contributed by atoms with Gasteiger partial charge in [0.15, 0.2) is 0 Å². The minimum atomic E-state index is 0.0235. The summed E-state index contributed by atoms with van der Waals surface area (Å²) in [6.07, 6.45) is 6.06. The van der Waals surface area contributed by atoms with Crippen molar-refractivity contribution < 1.29 is 4.74 Å². The molecule has 1 aliphatic rings. The van der Waals surface area contributed by atoms with Crippen LogP contribution in [0.4, 0.5) is 0 Å². The Morgan fingerprint density at radius 3 is 2.95 bits per heavy atom. The third-order valence-electron chi connectivity index (χ3n) is 3.65. The van der Waals surface area contributed by atoms with Crippen molar-refractivity contribution >= 4 is 5.52 Å². The third-order valence-corrected chi connectivity index (χ3v) is 3.65. The third kappa shape index (κ3) is 2.63. The quantitative estimate of drug-likeness (QED) is 0.911. The lowest BCUT2D eigenvalue weighted by Gasteiger charge is -2.23. The summed E-state index contributed by atoms with van der Waals surface area (Å²) in [7, 11) is 0. The van der Waals surface area contributed by atoms with Crippen molar-refractivity contribution in [2.24, 2.45) is 0 Å². The van der Waals surface area contributed by atoms with Crippen LogP contribution in [0.15, 0.2) is 18.5 Å². The van der Waals surface area contributed by atoms with E-state index >= 15 is 0 Å². The Hall–Kier alpha value is -1.62. The molecule has 3 heterocycles. The highest BCUT2D eigenvalue weighted by atomic mass is 16.5. The van der Waals surface area contributed by atoms with Crippen LogP contribution in [-0.2, 0) is 5.41 Å². The summed E-state index contributed by atoms with van der Waals surface area (Å²) in [5.74, 6) is 0.684. The van der Waals surface area contributed by atoms with Crippen molar-refractivity contribution in [1.82, 2.24) is 19.9 Å². The second-order valence-corrected chi connectivity index (χ2v) is 6.43. The Morgan fingerprint density at radius 1 is 1.40 bits per heavy atom. The second kappa shape index (κ2) is 5.05. The van der Waals surface area contributed by atoms with Crippen LogP contribution in [0.25, 0.3) is 5.52 Å². The first kappa shape index (κ1) is 13.4. The van der Waals surface area contributed by atoms with Crippen molar-refractivity contribution in [3.8, 4) is 5.88 Å². The van der Waals surface area contributed by atoms with Gasteiger partial charge >= 0.3 is 0 Å². The van der Waals surface area contributed by atoms with Gasteiger partial charge < -0.3 is 10.1 Å². The molecule has 1 N–H and O–H groups in total. The maximum Gasteiger partial charge on any atom is 0.240 e. The molecule has 0 amide bonds. The molecule has 0 aliphatic carbocycles. The molecule has 20 heavy (non-hydrogen) atoms. The summed E-state index contributed by atoms with van der Waals surface area (Å²) >= 11 is 0. The molecule has 2 aromatic rings. The topological polar surface area (TPSA) is 51.5 Å². The van der Waals surface area contributed by atoms with E-state index in [2.05, 4.69) is 42.2 Å². The highest BCUT2D eigenvalue weighted by molar-refractivity contribution is 5.57.